The van der Waals surface area contributed by atoms with Crippen molar-refractivity contribution in [2.24, 2.45) is 5.92 Å². The van der Waals surface area contributed by atoms with Crippen LogP contribution in [-0.4, -0.2) is 16.1 Å². The van der Waals surface area contributed by atoms with Crippen LogP contribution < -0.4 is 0 Å². The normalized spacial score (nSPS) is 18.0. The average molecular weight is 334 g/mol. The summed E-state index contributed by atoms with van der Waals surface area (Å²) in [5.74, 6) is 0.479. The monoisotopic (exact) mass is 333 g/mol. The van der Waals surface area contributed by atoms with Gasteiger partial charge in [0, 0.05) is 21.6 Å². The summed E-state index contributed by atoms with van der Waals surface area (Å²) in [4.78, 5) is 12.3. The molecule has 0 radical (unpaired) electrons. The zero-order chi connectivity index (χ0) is 16.8. The van der Waals surface area contributed by atoms with E-state index in [-0.39, 0.29) is 12.5 Å². The minimum Gasteiger partial charge on any atom is -0.459 e. The molecule has 1 aromatic carbocycles. The van der Waals surface area contributed by atoms with E-state index >= 15 is 0 Å². The van der Waals surface area contributed by atoms with Crippen LogP contribution in [0, 0.1) is 5.92 Å². The van der Waals surface area contributed by atoms with Crippen molar-refractivity contribution < 1.29 is 9.53 Å². The molecule has 0 spiro atoms. The van der Waals surface area contributed by atoms with Crippen LogP contribution in [0.15, 0.2) is 18.2 Å². The smallest absolute Gasteiger partial charge is 0.326 e. The second-order valence-electron chi connectivity index (χ2n) is 7.61. The Hall–Kier alpha value is -1.48. The molecule has 2 aromatic rings. The van der Waals surface area contributed by atoms with E-state index in [9.17, 15) is 4.79 Å². The molecule has 0 fully saturated rings. The van der Waals surface area contributed by atoms with Crippen LogP contribution in [0.2, 0.25) is 5.02 Å². The minimum absolute atomic E-state index is 0.189. The van der Waals surface area contributed by atoms with Gasteiger partial charge in [-0.2, -0.15) is 0 Å². The fourth-order valence-electron chi connectivity index (χ4n) is 3.48. The lowest BCUT2D eigenvalue weighted by Crippen LogP contribution is -2.27. The molecular formula is C19H24ClNO2. The zero-order valence-corrected chi connectivity index (χ0v) is 15.0. The van der Waals surface area contributed by atoms with E-state index in [1.165, 1.54) is 16.6 Å². The van der Waals surface area contributed by atoms with Gasteiger partial charge in [0.25, 0.3) is 0 Å². The number of rotatable bonds is 2. The van der Waals surface area contributed by atoms with Crippen molar-refractivity contribution in [3.05, 3.63) is 34.5 Å². The van der Waals surface area contributed by atoms with Gasteiger partial charge in [0.05, 0.1) is 0 Å². The Morgan fingerprint density at radius 1 is 1.39 bits per heavy atom. The van der Waals surface area contributed by atoms with Gasteiger partial charge in [-0.1, -0.05) is 18.5 Å². The molecule has 0 bridgehead atoms. The summed E-state index contributed by atoms with van der Waals surface area (Å²) in [6, 6.07) is 5.94. The Morgan fingerprint density at radius 3 is 2.83 bits per heavy atom. The van der Waals surface area contributed by atoms with Gasteiger partial charge in [0.2, 0.25) is 0 Å². The number of aromatic nitrogens is 1. The van der Waals surface area contributed by atoms with E-state index in [4.69, 9.17) is 16.3 Å². The SMILES string of the molecule is CC1CCc2c(c3cc(Cl)ccc3n2CC(=O)OC(C)(C)C)C1. The first kappa shape index (κ1) is 16.4. The Bertz CT molecular complexity index is 755. The summed E-state index contributed by atoms with van der Waals surface area (Å²) in [6.45, 7) is 8.24. The Balaban J connectivity index is 2.04. The third-order valence-corrected chi connectivity index (χ3v) is 4.62. The van der Waals surface area contributed by atoms with E-state index < -0.39 is 5.60 Å². The minimum atomic E-state index is -0.460. The third-order valence-electron chi connectivity index (χ3n) is 4.38. The second kappa shape index (κ2) is 5.86. The molecular weight excluding hydrogens is 310 g/mol. The van der Waals surface area contributed by atoms with Gasteiger partial charge in [0.15, 0.2) is 0 Å². The fourth-order valence-corrected chi connectivity index (χ4v) is 3.65. The Kier molecular flexibility index (Phi) is 4.18. The van der Waals surface area contributed by atoms with E-state index in [1.807, 2.05) is 39.0 Å². The molecule has 1 aliphatic carbocycles. The Labute approximate surface area is 142 Å². The van der Waals surface area contributed by atoms with E-state index in [0.717, 1.165) is 29.8 Å². The van der Waals surface area contributed by atoms with E-state index in [2.05, 4.69) is 11.5 Å². The van der Waals surface area contributed by atoms with Crippen molar-refractivity contribution in [1.29, 1.82) is 0 Å². The van der Waals surface area contributed by atoms with Gasteiger partial charge < -0.3 is 9.30 Å². The number of halogens is 1. The lowest BCUT2D eigenvalue weighted by atomic mass is 9.88. The highest BCUT2D eigenvalue weighted by Gasteiger charge is 2.25. The van der Waals surface area contributed by atoms with Crippen molar-refractivity contribution in [2.75, 3.05) is 0 Å². The number of carbonyl (C=O) groups is 1. The van der Waals surface area contributed by atoms with Crippen LogP contribution in [0.25, 0.3) is 10.9 Å². The molecule has 1 aromatic heterocycles. The molecule has 1 atom stereocenters. The van der Waals surface area contributed by atoms with Gasteiger partial charge in [-0.25, -0.2) is 0 Å². The molecule has 4 heteroatoms. The standard InChI is InChI=1S/C19H24ClNO2/c1-12-5-7-16-14(9-12)15-10-13(20)6-8-17(15)21(16)11-18(22)23-19(2,3)4/h6,8,10,12H,5,7,9,11H2,1-4H3. The highest BCUT2D eigenvalue weighted by molar-refractivity contribution is 6.31. The highest BCUT2D eigenvalue weighted by atomic mass is 35.5. The summed E-state index contributed by atoms with van der Waals surface area (Å²) in [6.07, 6.45) is 3.21. The number of hydrogen-bond donors (Lipinski definition) is 0. The number of esters is 1. The maximum absolute atomic E-state index is 12.3. The molecule has 124 valence electrons. The summed E-state index contributed by atoms with van der Waals surface area (Å²) >= 11 is 6.20. The molecule has 3 rings (SSSR count). The predicted octanol–water partition coefficient (Wildman–Crippen LogP) is 4.76. The first-order chi connectivity index (χ1) is 10.7. The van der Waals surface area contributed by atoms with Crippen LogP contribution in [-0.2, 0) is 28.9 Å². The largest absolute Gasteiger partial charge is 0.459 e. The number of fused-ring (bicyclic) bond motifs is 3. The second-order valence-corrected chi connectivity index (χ2v) is 8.04. The van der Waals surface area contributed by atoms with Crippen molar-refractivity contribution in [2.45, 2.75) is 59.1 Å². The quantitative estimate of drug-likeness (QED) is 0.742. The van der Waals surface area contributed by atoms with Gasteiger partial charge >= 0.3 is 5.97 Å². The summed E-state index contributed by atoms with van der Waals surface area (Å²) in [7, 11) is 0. The predicted molar refractivity (Wildman–Crippen MR) is 94.0 cm³/mol. The lowest BCUT2D eigenvalue weighted by Gasteiger charge is -2.22. The molecule has 1 aliphatic rings. The maximum atomic E-state index is 12.3. The third kappa shape index (κ3) is 3.40. The van der Waals surface area contributed by atoms with Crippen molar-refractivity contribution in [3.8, 4) is 0 Å². The average Bonchev–Trinajstić information content (AvgIpc) is 2.70. The van der Waals surface area contributed by atoms with Crippen molar-refractivity contribution in [1.82, 2.24) is 4.57 Å². The molecule has 23 heavy (non-hydrogen) atoms. The summed E-state index contributed by atoms with van der Waals surface area (Å²) in [5, 5.41) is 1.93. The highest BCUT2D eigenvalue weighted by Crippen LogP contribution is 2.35. The van der Waals surface area contributed by atoms with Crippen LogP contribution >= 0.6 is 11.6 Å². The summed E-state index contributed by atoms with van der Waals surface area (Å²) in [5.41, 5.74) is 3.24. The first-order valence-electron chi connectivity index (χ1n) is 8.26. The van der Waals surface area contributed by atoms with E-state index in [1.54, 1.807) is 0 Å². The molecule has 0 amide bonds. The number of carbonyl (C=O) groups excluding carboxylic acids is 1. The molecule has 0 saturated carbocycles. The number of hydrogen-bond acceptors (Lipinski definition) is 2. The maximum Gasteiger partial charge on any atom is 0.326 e. The van der Waals surface area contributed by atoms with Crippen LogP contribution in [0.1, 0.15) is 45.4 Å². The lowest BCUT2D eigenvalue weighted by molar-refractivity contribution is -0.155. The van der Waals surface area contributed by atoms with Gasteiger partial charge in [-0.3, -0.25) is 4.79 Å². The number of nitrogens with zero attached hydrogens (tertiary/aromatic N) is 1. The van der Waals surface area contributed by atoms with Gasteiger partial charge in [-0.15, -0.1) is 0 Å². The fraction of sp³-hybridized carbons (Fsp3) is 0.526. The molecule has 1 unspecified atom stereocenters. The molecule has 3 nitrogen and oxygen atoms in total. The molecule has 0 N–H and O–H groups in total. The van der Waals surface area contributed by atoms with Crippen LogP contribution in [0.4, 0.5) is 0 Å². The molecule has 1 heterocycles. The van der Waals surface area contributed by atoms with Crippen LogP contribution in [0.5, 0.6) is 0 Å². The number of ether oxygens (including phenoxy) is 1. The zero-order valence-electron chi connectivity index (χ0n) is 14.3. The molecule has 0 aliphatic heterocycles. The van der Waals surface area contributed by atoms with Gasteiger partial charge in [0.1, 0.15) is 12.1 Å². The van der Waals surface area contributed by atoms with Crippen molar-refractivity contribution >= 4 is 28.5 Å². The van der Waals surface area contributed by atoms with Crippen LogP contribution in [0.3, 0.4) is 0 Å². The molecule has 0 saturated heterocycles. The summed E-state index contributed by atoms with van der Waals surface area (Å²) < 4.78 is 7.64. The number of benzene rings is 1. The topological polar surface area (TPSA) is 31.2 Å². The van der Waals surface area contributed by atoms with Gasteiger partial charge in [-0.05, 0) is 69.7 Å². The Morgan fingerprint density at radius 2 is 2.13 bits per heavy atom. The van der Waals surface area contributed by atoms with E-state index in [0.29, 0.717) is 5.92 Å². The first-order valence-corrected chi connectivity index (χ1v) is 8.64. The van der Waals surface area contributed by atoms with Crippen molar-refractivity contribution in [3.63, 3.8) is 0 Å².